The van der Waals surface area contributed by atoms with Gasteiger partial charge in [-0.2, -0.15) is 13.2 Å². The maximum absolute atomic E-state index is 12.0. The Morgan fingerprint density at radius 2 is 1.91 bits per heavy atom. The number of hydrogen-bond acceptors (Lipinski definition) is 1. The normalized spacial score (nSPS) is 33.8. The second-order valence-corrected chi connectivity index (χ2v) is 2.91. The molecule has 1 saturated heterocycles. The first-order valence-electron chi connectivity index (χ1n) is 3.72. The second kappa shape index (κ2) is 3.01. The number of ether oxygens (including phenoxy) is 1. The van der Waals surface area contributed by atoms with Crippen molar-refractivity contribution >= 4 is 0 Å². The van der Waals surface area contributed by atoms with Crippen molar-refractivity contribution in [2.75, 3.05) is 0 Å². The van der Waals surface area contributed by atoms with Crippen LogP contribution in [0, 0.1) is 0 Å². The Balaban J connectivity index is 2.46. The molecule has 1 fully saturated rings. The molecular formula is C7H11F3O. The van der Waals surface area contributed by atoms with Gasteiger partial charge in [0.2, 0.25) is 0 Å². The molecule has 0 bridgehead atoms. The third-order valence-corrected chi connectivity index (χ3v) is 1.84. The maximum Gasteiger partial charge on any atom is 0.414 e. The van der Waals surface area contributed by atoms with Crippen LogP contribution in [0.4, 0.5) is 13.2 Å². The monoisotopic (exact) mass is 168 g/mol. The molecule has 11 heavy (non-hydrogen) atoms. The Labute approximate surface area is 63.5 Å². The van der Waals surface area contributed by atoms with Gasteiger partial charge in [-0.25, -0.2) is 0 Å². The summed E-state index contributed by atoms with van der Waals surface area (Å²) >= 11 is 0. The van der Waals surface area contributed by atoms with Crippen molar-refractivity contribution in [3.63, 3.8) is 0 Å². The molecule has 0 aliphatic carbocycles. The molecule has 0 amide bonds. The Hall–Kier alpha value is -0.250. The van der Waals surface area contributed by atoms with Crippen molar-refractivity contribution in [2.24, 2.45) is 0 Å². The molecule has 1 nitrogen and oxygen atoms in total. The molecule has 1 aliphatic heterocycles. The first-order chi connectivity index (χ1) is 5.00. The van der Waals surface area contributed by atoms with Gasteiger partial charge in [-0.1, -0.05) is 0 Å². The molecule has 1 aliphatic rings. The number of alkyl halides is 3. The standard InChI is InChI=1S/C7H11F3O/c1-5-3-2-4-6(11-5)7(8,9)10/h5-6H,2-4H2,1H3. The first kappa shape index (κ1) is 8.84. The van der Waals surface area contributed by atoms with E-state index < -0.39 is 12.3 Å². The molecule has 0 aromatic rings. The van der Waals surface area contributed by atoms with E-state index in [1.54, 1.807) is 6.92 Å². The molecule has 1 heterocycles. The lowest BCUT2D eigenvalue weighted by Gasteiger charge is -2.29. The van der Waals surface area contributed by atoms with Gasteiger partial charge in [0.25, 0.3) is 0 Å². The molecule has 66 valence electrons. The van der Waals surface area contributed by atoms with Gasteiger partial charge >= 0.3 is 6.18 Å². The van der Waals surface area contributed by atoms with Crippen molar-refractivity contribution in [1.82, 2.24) is 0 Å². The average Bonchev–Trinajstić information content (AvgIpc) is 1.86. The summed E-state index contributed by atoms with van der Waals surface area (Å²) in [5, 5.41) is 0. The smallest absolute Gasteiger partial charge is 0.366 e. The van der Waals surface area contributed by atoms with E-state index in [2.05, 4.69) is 0 Å². The summed E-state index contributed by atoms with van der Waals surface area (Å²) in [6.07, 6.45) is -4.46. The summed E-state index contributed by atoms with van der Waals surface area (Å²) in [6.45, 7) is 1.68. The van der Waals surface area contributed by atoms with Crippen molar-refractivity contribution in [2.45, 2.75) is 44.6 Å². The van der Waals surface area contributed by atoms with Gasteiger partial charge in [0.05, 0.1) is 6.10 Å². The van der Waals surface area contributed by atoms with Crippen LogP contribution >= 0.6 is 0 Å². The molecule has 2 unspecified atom stereocenters. The van der Waals surface area contributed by atoms with Crippen molar-refractivity contribution in [3.05, 3.63) is 0 Å². The van der Waals surface area contributed by atoms with Crippen LogP contribution in [0.2, 0.25) is 0 Å². The molecule has 0 spiro atoms. The zero-order valence-electron chi connectivity index (χ0n) is 6.32. The van der Waals surface area contributed by atoms with Crippen LogP contribution in [-0.4, -0.2) is 18.4 Å². The van der Waals surface area contributed by atoms with Gasteiger partial charge in [-0.3, -0.25) is 0 Å². The molecule has 0 saturated carbocycles. The van der Waals surface area contributed by atoms with Gasteiger partial charge in [-0.15, -0.1) is 0 Å². The quantitative estimate of drug-likeness (QED) is 0.540. The van der Waals surface area contributed by atoms with Crippen LogP contribution < -0.4 is 0 Å². The topological polar surface area (TPSA) is 9.23 Å². The number of rotatable bonds is 0. The van der Waals surface area contributed by atoms with Gasteiger partial charge < -0.3 is 4.74 Å². The lowest BCUT2D eigenvalue weighted by atomic mass is 10.0. The highest BCUT2D eigenvalue weighted by molar-refractivity contribution is 4.74. The van der Waals surface area contributed by atoms with Gasteiger partial charge in [0.1, 0.15) is 0 Å². The number of hydrogen-bond donors (Lipinski definition) is 0. The van der Waals surface area contributed by atoms with E-state index in [4.69, 9.17) is 4.74 Å². The van der Waals surface area contributed by atoms with E-state index in [1.807, 2.05) is 0 Å². The summed E-state index contributed by atoms with van der Waals surface area (Å²) in [6, 6.07) is 0. The molecule has 0 aromatic carbocycles. The number of halogens is 3. The highest BCUT2D eigenvalue weighted by atomic mass is 19.4. The molecule has 2 atom stereocenters. The van der Waals surface area contributed by atoms with Crippen molar-refractivity contribution in [3.8, 4) is 0 Å². The van der Waals surface area contributed by atoms with Crippen molar-refractivity contribution in [1.29, 1.82) is 0 Å². The lowest BCUT2D eigenvalue weighted by Crippen LogP contribution is -2.37. The van der Waals surface area contributed by atoms with E-state index in [1.165, 1.54) is 0 Å². The van der Waals surface area contributed by atoms with E-state index in [-0.39, 0.29) is 12.5 Å². The molecular weight excluding hydrogens is 157 g/mol. The first-order valence-corrected chi connectivity index (χ1v) is 3.72. The van der Waals surface area contributed by atoms with Gasteiger partial charge in [0.15, 0.2) is 6.10 Å². The highest BCUT2D eigenvalue weighted by Gasteiger charge is 2.42. The minimum atomic E-state index is -4.17. The zero-order valence-corrected chi connectivity index (χ0v) is 6.32. The molecule has 0 radical (unpaired) electrons. The van der Waals surface area contributed by atoms with E-state index in [0.717, 1.165) is 6.42 Å². The molecule has 1 rings (SSSR count). The predicted octanol–water partition coefficient (Wildman–Crippen LogP) is 2.51. The van der Waals surface area contributed by atoms with Crippen LogP contribution in [0.1, 0.15) is 26.2 Å². The Morgan fingerprint density at radius 1 is 1.27 bits per heavy atom. The summed E-state index contributed by atoms with van der Waals surface area (Å²) in [4.78, 5) is 0. The van der Waals surface area contributed by atoms with Crippen LogP contribution in [-0.2, 0) is 4.74 Å². The van der Waals surface area contributed by atoms with E-state index >= 15 is 0 Å². The lowest BCUT2D eigenvalue weighted by molar-refractivity contribution is -0.242. The molecule has 0 aromatic heterocycles. The third-order valence-electron chi connectivity index (χ3n) is 1.84. The van der Waals surface area contributed by atoms with Gasteiger partial charge in [0, 0.05) is 0 Å². The maximum atomic E-state index is 12.0. The Bertz CT molecular complexity index is 132. The Kier molecular flexibility index (Phi) is 2.42. The van der Waals surface area contributed by atoms with E-state index in [0.29, 0.717) is 6.42 Å². The second-order valence-electron chi connectivity index (χ2n) is 2.91. The minimum absolute atomic E-state index is 0.119. The summed E-state index contributed by atoms with van der Waals surface area (Å²) < 4.78 is 40.7. The average molecular weight is 168 g/mol. The summed E-state index contributed by atoms with van der Waals surface area (Å²) in [7, 11) is 0. The van der Waals surface area contributed by atoms with Crippen LogP contribution in [0.15, 0.2) is 0 Å². The zero-order chi connectivity index (χ0) is 8.48. The van der Waals surface area contributed by atoms with Crippen molar-refractivity contribution < 1.29 is 17.9 Å². The fourth-order valence-electron chi connectivity index (χ4n) is 1.25. The highest BCUT2D eigenvalue weighted by Crippen LogP contribution is 2.31. The van der Waals surface area contributed by atoms with Gasteiger partial charge in [-0.05, 0) is 26.2 Å². The largest absolute Gasteiger partial charge is 0.414 e. The Morgan fingerprint density at radius 3 is 2.27 bits per heavy atom. The fourth-order valence-corrected chi connectivity index (χ4v) is 1.25. The molecule has 4 heteroatoms. The van der Waals surface area contributed by atoms with Crippen LogP contribution in [0.3, 0.4) is 0 Å². The van der Waals surface area contributed by atoms with Crippen LogP contribution in [0.5, 0.6) is 0 Å². The predicted molar refractivity (Wildman–Crippen MR) is 34.2 cm³/mol. The summed E-state index contributed by atoms with van der Waals surface area (Å²) in [5.74, 6) is 0. The minimum Gasteiger partial charge on any atom is -0.366 e. The third kappa shape index (κ3) is 2.36. The molecule has 0 N–H and O–H groups in total. The van der Waals surface area contributed by atoms with E-state index in [9.17, 15) is 13.2 Å². The summed E-state index contributed by atoms with van der Waals surface area (Å²) in [5.41, 5.74) is 0. The fraction of sp³-hybridized carbons (Fsp3) is 1.00. The SMILES string of the molecule is CC1CCCC(C(F)(F)F)O1. The van der Waals surface area contributed by atoms with Crippen LogP contribution in [0.25, 0.3) is 0 Å².